The van der Waals surface area contributed by atoms with Crippen LogP contribution in [0.25, 0.3) is 6.08 Å². The maximum Gasteiger partial charge on any atom is 0.416 e. The molecule has 7 heteroatoms. The van der Waals surface area contributed by atoms with Crippen molar-refractivity contribution >= 4 is 18.1 Å². The van der Waals surface area contributed by atoms with E-state index in [9.17, 15) is 13.2 Å². The molecule has 0 saturated carbocycles. The van der Waals surface area contributed by atoms with Gasteiger partial charge in [-0.05, 0) is 35.8 Å². The minimum Gasteiger partial charge on any atom is -0.346 e. The van der Waals surface area contributed by atoms with Gasteiger partial charge in [0.25, 0.3) is 0 Å². The molecule has 0 bridgehead atoms. The van der Waals surface area contributed by atoms with Crippen molar-refractivity contribution in [3.63, 3.8) is 0 Å². The lowest BCUT2D eigenvalue weighted by Crippen LogP contribution is -2.35. The third-order valence-electron chi connectivity index (χ3n) is 2.81. The van der Waals surface area contributed by atoms with Crippen LogP contribution in [-0.2, 0) is 19.8 Å². The minimum absolute atomic E-state index is 0.101. The third kappa shape index (κ3) is 5.03. The van der Waals surface area contributed by atoms with Crippen molar-refractivity contribution in [2.45, 2.75) is 18.6 Å². The predicted molar refractivity (Wildman–Crippen MR) is 74.6 cm³/mol. The van der Waals surface area contributed by atoms with E-state index < -0.39 is 18.0 Å². The van der Waals surface area contributed by atoms with Crippen LogP contribution in [-0.4, -0.2) is 31.9 Å². The normalized spacial score (nSPS) is 23.6. The smallest absolute Gasteiger partial charge is 0.346 e. The molecule has 0 aromatic heterocycles. The van der Waals surface area contributed by atoms with Crippen molar-refractivity contribution in [3.05, 3.63) is 41.5 Å². The molecular formula is C14H15F3O3S. The lowest BCUT2D eigenvalue weighted by Gasteiger charge is -2.26. The Morgan fingerprint density at radius 1 is 1.19 bits per heavy atom. The summed E-state index contributed by atoms with van der Waals surface area (Å²) < 4.78 is 53.4. The Morgan fingerprint density at radius 2 is 1.81 bits per heavy atom. The van der Waals surface area contributed by atoms with Crippen LogP contribution in [0.4, 0.5) is 13.2 Å². The second-order valence-corrected chi connectivity index (χ2v) is 4.92. The van der Waals surface area contributed by atoms with E-state index in [4.69, 9.17) is 13.7 Å². The third-order valence-corrected chi connectivity index (χ3v) is 3.27. The van der Waals surface area contributed by atoms with Gasteiger partial charge in [0.1, 0.15) is 6.10 Å². The maximum absolute atomic E-state index is 12.4. The quantitative estimate of drug-likeness (QED) is 0.790. The number of rotatable bonds is 4. The molecule has 0 spiro atoms. The Hall–Kier alpha value is -1.02. The van der Waals surface area contributed by atoms with Crippen LogP contribution in [0.15, 0.2) is 30.3 Å². The standard InChI is InChI=1S/C14H15F3O3S/c1-21-20-12-8-18-13(19-9-12)7-4-10-2-5-11(6-3-10)14(15,16)17/h2-7,12-13H,8-9H2,1H3. The van der Waals surface area contributed by atoms with Crippen LogP contribution in [0.2, 0.25) is 0 Å². The molecule has 0 radical (unpaired) electrons. The number of hydrogen-bond donors (Lipinski definition) is 0. The van der Waals surface area contributed by atoms with Crippen LogP contribution in [0.1, 0.15) is 11.1 Å². The van der Waals surface area contributed by atoms with E-state index in [-0.39, 0.29) is 6.10 Å². The predicted octanol–water partition coefficient (Wildman–Crippen LogP) is 3.75. The van der Waals surface area contributed by atoms with Gasteiger partial charge >= 0.3 is 6.18 Å². The number of halogens is 3. The van der Waals surface area contributed by atoms with Crippen LogP contribution < -0.4 is 0 Å². The molecule has 1 fully saturated rings. The fourth-order valence-corrected chi connectivity index (χ4v) is 2.16. The molecule has 1 aliphatic heterocycles. The fraction of sp³-hybridized carbons (Fsp3) is 0.429. The van der Waals surface area contributed by atoms with Crippen molar-refractivity contribution in [1.29, 1.82) is 0 Å². The molecular weight excluding hydrogens is 305 g/mol. The molecule has 0 aliphatic carbocycles. The second kappa shape index (κ2) is 7.31. The van der Waals surface area contributed by atoms with Crippen LogP contribution >= 0.6 is 12.0 Å². The van der Waals surface area contributed by atoms with E-state index in [1.165, 1.54) is 24.2 Å². The fourth-order valence-electron chi connectivity index (χ4n) is 1.78. The first-order valence-corrected chi connectivity index (χ1v) is 7.42. The molecule has 1 aliphatic rings. The summed E-state index contributed by atoms with van der Waals surface area (Å²) in [4.78, 5) is 0. The number of benzene rings is 1. The molecule has 21 heavy (non-hydrogen) atoms. The van der Waals surface area contributed by atoms with Crippen molar-refractivity contribution in [1.82, 2.24) is 0 Å². The molecule has 3 nitrogen and oxygen atoms in total. The van der Waals surface area contributed by atoms with E-state index in [1.54, 1.807) is 12.2 Å². The van der Waals surface area contributed by atoms with Crippen molar-refractivity contribution in [3.8, 4) is 0 Å². The Kier molecular flexibility index (Phi) is 5.69. The molecule has 1 saturated heterocycles. The molecule has 0 atom stereocenters. The van der Waals surface area contributed by atoms with Gasteiger partial charge in [0, 0.05) is 6.26 Å². The molecule has 0 N–H and O–H groups in total. The summed E-state index contributed by atoms with van der Waals surface area (Å²) in [5, 5.41) is 0. The van der Waals surface area contributed by atoms with Crippen molar-refractivity contribution < 1.29 is 26.8 Å². The lowest BCUT2D eigenvalue weighted by atomic mass is 10.1. The van der Waals surface area contributed by atoms with E-state index in [0.717, 1.165) is 12.1 Å². The van der Waals surface area contributed by atoms with E-state index in [0.29, 0.717) is 18.8 Å². The Labute approximate surface area is 125 Å². The molecule has 1 heterocycles. The van der Waals surface area contributed by atoms with Gasteiger partial charge < -0.3 is 13.7 Å². The number of hydrogen-bond acceptors (Lipinski definition) is 4. The zero-order valence-corrected chi connectivity index (χ0v) is 12.1. The highest BCUT2D eigenvalue weighted by Crippen LogP contribution is 2.29. The van der Waals surface area contributed by atoms with Gasteiger partial charge in [-0.15, -0.1) is 0 Å². The van der Waals surface area contributed by atoms with E-state index in [2.05, 4.69) is 0 Å². The first kappa shape index (κ1) is 16.4. The molecule has 2 rings (SSSR count). The van der Waals surface area contributed by atoms with Crippen LogP contribution in [0.5, 0.6) is 0 Å². The summed E-state index contributed by atoms with van der Waals surface area (Å²) in [5.74, 6) is 0. The molecule has 116 valence electrons. The first-order chi connectivity index (χ1) is 9.99. The summed E-state index contributed by atoms with van der Waals surface area (Å²) in [7, 11) is 0. The molecule has 0 amide bonds. The monoisotopic (exact) mass is 320 g/mol. The summed E-state index contributed by atoms with van der Waals surface area (Å²) in [6, 6.07) is 4.90. The van der Waals surface area contributed by atoms with Gasteiger partial charge in [-0.2, -0.15) is 13.2 Å². The first-order valence-electron chi connectivity index (χ1n) is 6.27. The molecule has 1 aromatic carbocycles. The van der Waals surface area contributed by atoms with Crippen LogP contribution in [0.3, 0.4) is 0 Å². The average Bonchev–Trinajstić information content (AvgIpc) is 2.46. The molecule has 0 unspecified atom stereocenters. The summed E-state index contributed by atoms with van der Waals surface area (Å²) in [5.41, 5.74) is -0.0143. The Bertz CT molecular complexity index is 465. The highest BCUT2D eigenvalue weighted by molar-refractivity contribution is 7.93. The zero-order chi connectivity index (χ0) is 15.3. The van der Waals surface area contributed by atoms with Crippen LogP contribution in [0, 0.1) is 0 Å². The molecule has 1 aromatic rings. The number of ether oxygens (including phenoxy) is 2. The maximum atomic E-state index is 12.4. The summed E-state index contributed by atoms with van der Waals surface area (Å²) in [6.45, 7) is 0.839. The Morgan fingerprint density at radius 3 is 2.33 bits per heavy atom. The van der Waals surface area contributed by atoms with E-state index >= 15 is 0 Å². The second-order valence-electron chi connectivity index (χ2n) is 4.40. The number of alkyl halides is 3. The van der Waals surface area contributed by atoms with Crippen molar-refractivity contribution in [2.75, 3.05) is 19.5 Å². The SMILES string of the molecule is CSOC1COC(C=Cc2ccc(C(F)(F)F)cc2)OC1. The minimum atomic E-state index is -4.32. The largest absolute Gasteiger partial charge is 0.416 e. The highest BCUT2D eigenvalue weighted by Gasteiger charge is 2.29. The lowest BCUT2D eigenvalue weighted by molar-refractivity contribution is -0.184. The van der Waals surface area contributed by atoms with Gasteiger partial charge in [0.15, 0.2) is 6.29 Å². The average molecular weight is 320 g/mol. The zero-order valence-electron chi connectivity index (χ0n) is 11.3. The van der Waals surface area contributed by atoms with E-state index in [1.807, 2.05) is 6.26 Å². The van der Waals surface area contributed by atoms with Gasteiger partial charge in [-0.1, -0.05) is 18.2 Å². The van der Waals surface area contributed by atoms with Crippen molar-refractivity contribution in [2.24, 2.45) is 0 Å². The van der Waals surface area contributed by atoms with Gasteiger partial charge in [0.2, 0.25) is 0 Å². The van der Waals surface area contributed by atoms with Gasteiger partial charge in [-0.25, -0.2) is 0 Å². The topological polar surface area (TPSA) is 27.7 Å². The highest BCUT2D eigenvalue weighted by atomic mass is 32.2. The summed E-state index contributed by atoms with van der Waals surface area (Å²) >= 11 is 1.25. The van der Waals surface area contributed by atoms with Gasteiger partial charge in [0.05, 0.1) is 18.8 Å². The Balaban J connectivity index is 1.87. The van der Waals surface area contributed by atoms with Gasteiger partial charge in [-0.3, -0.25) is 0 Å². The summed E-state index contributed by atoms with van der Waals surface area (Å²) in [6.07, 6.45) is 0.226.